The molecule has 9 heteroatoms. The van der Waals surface area contributed by atoms with Crippen LogP contribution in [0, 0.1) is 0 Å². The molecule has 0 N–H and O–H groups in total. The van der Waals surface area contributed by atoms with Gasteiger partial charge >= 0.3 is 6.09 Å². The lowest BCUT2D eigenvalue weighted by molar-refractivity contribution is 0.0192. The summed E-state index contributed by atoms with van der Waals surface area (Å²) >= 11 is 4.44. The zero-order chi connectivity index (χ0) is 16.5. The molecular weight excluding hydrogens is 392 g/mol. The van der Waals surface area contributed by atoms with Crippen molar-refractivity contribution in [2.24, 2.45) is 0 Å². The van der Waals surface area contributed by atoms with Crippen molar-refractivity contribution in [3.8, 4) is 0 Å². The second-order valence-corrected chi connectivity index (χ2v) is 9.83. The Balaban J connectivity index is 2.01. The van der Waals surface area contributed by atoms with Gasteiger partial charge in [-0.25, -0.2) is 13.2 Å². The summed E-state index contributed by atoms with van der Waals surface area (Å²) < 4.78 is 32.7. The van der Waals surface area contributed by atoms with E-state index in [0.29, 0.717) is 21.8 Å². The Labute approximate surface area is 143 Å². The van der Waals surface area contributed by atoms with Gasteiger partial charge in [0.15, 0.2) is 0 Å². The molecule has 0 aliphatic carbocycles. The van der Waals surface area contributed by atoms with Crippen molar-refractivity contribution < 1.29 is 17.9 Å². The van der Waals surface area contributed by atoms with Crippen LogP contribution < -0.4 is 0 Å². The number of nitrogens with zero attached hydrogens (tertiary/aromatic N) is 2. The molecule has 2 heterocycles. The minimum Gasteiger partial charge on any atom is -0.444 e. The molecule has 1 aliphatic rings. The number of carbonyl (C=O) groups is 1. The molecule has 0 saturated carbocycles. The number of amides is 1. The maximum absolute atomic E-state index is 12.5. The van der Waals surface area contributed by atoms with Crippen molar-refractivity contribution in [2.75, 3.05) is 26.2 Å². The van der Waals surface area contributed by atoms with Gasteiger partial charge in [-0.1, -0.05) is 0 Å². The van der Waals surface area contributed by atoms with Crippen molar-refractivity contribution in [3.63, 3.8) is 0 Å². The predicted molar refractivity (Wildman–Crippen MR) is 88.6 cm³/mol. The van der Waals surface area contributed by atoms with Gasteiger partial charge in [0, 0.05) is 30.7 Å². The van der Waals surface area contributed by atoms with E-state index in [4.69, 9.17) is 4.74 Å². The Morgan fingerprint density at radius 1 is 1.27 bits per heavy atom. The van der Waals surface area contributed by atoms with Crippen LogP contribution in [0.25, 0.3) is 0 Å². The van der Waals surface area contributed by atoms with Crippen LogP contribution in [0.1, 0.15) is 20.8 Å². The van der Waals surface area contributed by atoms with Gasteiger partial charge in [0.05, 0.1) is 0 Å². The van der Waals surface area contributed by atoms with E-state index in [1.54, 1.807) is 37.1 Å². The summed E-state index contributed by atoms with van der Waals surface area (Å²) in [6.07, 6.45) is -0.401. The molecule has 1 aromatic heterocycles. The molecule has 1 saturated heterocycles. The van der Waals surface area contributed by atoms with Gasteiger partial charge in [-0.05, 0) is 48.1 Å². The summed E-state index contributed by atoms with van der Waals surface area (Å²) in [6.45, 7) is 6.62. The SMILES string of the molecule is CC(C)(C)OC(=O)N1CCN(S(=O)(=O)c2sccc2Br)CC1. The molecule has 0 radical (unpaired) electrons. The third-order valence-corrected chi connectivity index (χ3v) is 7.59. The summed E-state index contributed by atoms with van der Waals surface area (Å²) in [7, 11) is -3.51. The molecule has 0 aromatic carbocycles. The van der Waals surface area contributed by atoms with Crippen molar-refractivity contribution in [3.05, 3.63) is 15.9 Å². The average Bonchev–Trinajstić information content (AvgIpc) is 2.84. The maximum atomic E-state index is 12.5. The number of carbonyl (C=O) groups excluding carboxylic acids is 1. The molecule has 0 atom stereocenters. The molecule has 1 aliphatic heterocycles. The Bertz CT molecular complexity index is 643. The van der Waals surface area contributed by atoms with Crippen LogP contribution >= 0.6 is 27.3 Å². The van der Waals surface area contributed by atoms with Crippen molar-refractivity contribution >= 4 is 43.4 Å². The van der Waals surface area contributed by atoms with Crippen molar-refractivity contribution in [1.29, 1.82) is 0 Å². The van der Waals surface area contributed by atoms with E-state index < -0.39 is 21.7 Å². The quantitative estimate of drug-likeness (QED) is 0.751. The third kappa shape index (κ3) is 4.01. The number of rotatable bonds is 2. The molecule has 1 amide bonds. The fourth-order valence-corrected chi connectivity index (χ4v) is 5.89. The highest BCUT2D eigenvalue weighted by Crippen LogP contribution is 2.30. The molecule has 1 aromatic rings. The summed E-state index contributed by atoms with van der Waals surface area (Å²) in [6, 6.07) is 1.72. The maximum Gasteiger partial charge on any atom is 0.410 e. The number of thiophene rings is 1. The van der Waals surface area contributed by atoms with Gasteiger partial charge in [-0.3, -0.25) is 0 Å². The zero-order valence-corrected chi connectivity index (χ0v) is 15.9. The zero-order valence-electron chi connectivity index (χ0n) is 12.7. The van der Waals surface area contributed by atoms with Crippen LogP contribution in [0.15, 0.2) is 20.1 Å². The van der Waals surface area contributed by atoms with Gasteiger partial charge < -0.3 is 9.64 Å². The van der Waals surface area contributed by atoms with E-state index in [-0.39, 0.29) is 13.1 Å². The van der Waals surface area contributed by atoms with Crippen LogP contribution in [0.4, 0.5) is 4.79 Å². The second-order valence-electron chi connectivity index (χ2n) is 5.93. The lowest BCUT2D eigenvalue weighted by atomic mass is 10.2. The Morgan fingerprint density at radius 3 is 2.32 bits per heavy atom. The first-order chi connectivity index (χ1) is 10.1. The van der Waals surface area contributed by atoms with Gasteiger partial charge in [0.2, 0.25) is 0 Å². The minimum absolute atomic E-state index is 0.270. The van der Waals surface area contributed by atoms with E-state index in [1.165, 1.54) is 15.6 Å². The lowest BCUT2D eigenvalue weighted by Crippen LogP contribution is -2.51. The number of halogens is 1. The van der Waals surface area contributed by atoms with Crippen LogP contribution in [-0.4, -0.2) is 55.5 Å². The number of ether oxygens (including phenoxy) is 1. The summed E-state index contributed by atoms with van der Waals surface area (Å²) in [5.74, 6) is 0. The normalized spacial score (nSPS) is 17.5. The van der Waals surface area contributed by atoms with Crippen molar-refractivity contribution in [2.45, 2.75) is 30.6 Å². The number of hydrogen-bond acceptors (Lipinski definition) is 5. The van der Waals surface area contributed by atoms with Crippen LogP contribution in [0.3, 0.4) is 0 Å². The van der Waals surface area contributed by atoms with Crippen LogP contribution in [0.5, 0.6) is 0 Å². The molecule has 124 valence electrons. The number of piperazine rings is 1. The van der Waals surface area contributed by atoms with Crippen LogP contribution in [0.2, 0.25) is 0 Å². The van der Waals surface area contributed by atoms with Gasteiger partial charge in [-0.2, -0.15) is 4.31 Å². The monoisotopic (exact) mass is 410 g/mol. The van der Waals surface area contributed by atoms with Crippen molar-refractivity contribution in [1.82, 2.24) is 9.21 Å². The summed E-state index contributed by atoms with van der Waals surface area (Å²) in [4.78, 5) is 13.5. The van der Waals surface area contributed by atoms with E-state index in [0.717, 1.165) is 0 Å². The Hall–Kier alpha value is -0.640. The second kappa shape index (κ2) is 6.46. The smallest absolute Gasteiger partial charge is 0.410 e. The third-order valence-electron chi connectivity index (χ3n) is 3.05. The van der Waals surface area contributed by atoms with Gasteiger partial charge in [-0.15, -0.1) is 11.3 Å². The summed E-state index contributed by atoms with van der Waals surface area (Å²) in [5.41, 5.74) is -0.553. The lowest BCUT2D eigenvalue weighted by Gasteiger charge is -2.34. The average molecular weight is 411 g/mol. The number of sulfonamides is 1. The molecule has 0 bridgehead atoms. The first-order valence-corrected chi connectivity index (χ1v) is 9.93. The Kier molecular flexibility index (Phi) is 5.20. The van der Waals surface area contributed by atoms with E-state index in [1.807, 2.05) is 0 Å². The number of hydrogen-bond donors (Lipinski definition) is 0. The highest BCUT2D eigenvalue weighted by Gasteiger charge is 2.33. The molecule has 0 spiro atoms. The molecule has 1 fully saturated rings. The van der Waals surface area contributed by atoms with Gasteiger partial charge in [0.1, 0.15) is 9.81 Å². The summed E-state index contributed by atoms with van der Waals surface area (Å²) in [5, 5.41) is 1.73. The largest absolute Gasteiger partial charge is 0.444 e. The highest BCUT2D eigenvalue weighted by atomic mass is 79.9. The fourth-order valence-electron chi connectivity index (χ4n) is 2.02. The predicted octanol–water partition coefficient (Wildman–Crippen LogP) is 2.75. The first kappa shape index (κ1) is 17.7. The molecule has 2 rings (SSSR count). The van der Waals surface area contributed by atoms with E-state index in [9.17, 15) is 13.2 Å². The minimum atomic E-state index is -3.51. The van der Waals surface area contributed by atoms with Crippen LogP contribution in [-0.2, 0) is 14.8 Å². The fraction of sp³-hybridized carbons (Fsp3) is 0.615. The highest BCUT2D eigenvalue weighted by molar-refractivity contribution is 9.10. The molecule has 0 unspecified atom stereocenters. The first-order valence-electron chi connectivity index (χ1n) is 6.82. The molecular formula is C13H19BrN2O4S2. The molecule has 6 nitrogen and oxygen atoms in total. The van der Waals surface area contributed by atoms with E-state index >= 15 is 0 Å². The molecule has 22 heavy (non-hydrogen) atoms. The standard InChI is InChI=1S/C13H19BrN2O4S2/c1-13(2,3)20-12(17)15-5-7-16(8-6-15)22(18,19)11-10(14)4-9-21-11/h4,9H,5-8H2,1-3H3. The van der Waals surface area contributed by atoms with E-state index in [2.05, 4.69) is 15.9 Å². The Morgan fingerprint density at radius 2 is 1.86 bits per heavy atom. The topological polar surface area (TPSA) is 66.9 Å². The van der Waals surface area contributed by atoms with Gasteiger partial charge in [0.25, 0.3) is 10.0 Å².